The summed E-state index contributed by atoms with van der Waals surface area (Å²) in [6.45, 7) is 7.84. The van der Waals surface area contributed by atoms with E-state index in [1.807, 2.05) is 19.9 Å². The molecule has 1 aromatic carbocycles. The highest BCUT2D eigenvalue weighted by atomic mass is 16.8. The fourth-order valence-electron chi connectivity index (χ4n) is 3.38. The molecule has 96 valence electrons. The van der Waals surface area contributed by atoms with Crippen LogP contribution in [0.15, 0.2) is 36.9 Å². The van der Waals surface area contributed by atoms with Crippen molar-refractivity contribution in [1.82, 2.24) is 0 Å². The van der Waals surface area contributed by atoms with Crippen molar-refractivity contribution in [2.45, 2.75) is 50.6 Å². The number of rotatable bonds is 3. The van der Waals surface area contributed by atoms with Gasteiger partial charge in [0, 0.05) is 6.42 Å². The molecule has 2 heteroatoms. The highest BCUT2D eigenvalue weighted by molar-refractivity contribution is 5.41. The first-order chi connectivity index (χ1) is 8.57. The predicted octanol–water partition coefficient (Wildman–Crippen LogP) is 3.56. The summed E-state index contributed by atoms with van der Waals surface area (Å²) in [5.74, 6) is -0.487. The third-order valence-corrected chi connectivity index (χ3v) is 3.97. The van der Waals surface area contributed by atoms with Crippen LogP contribution in [0, 0.1) is 0 Å². The van der Waals surface area contributed by atoms with E-state index < -0.39 is 5.79 Å². The Morgan fingerprint density at radius 1 is 1.39 bits per heavy atom. The number of ether oxygens (including phenoxy) is 2. The van der Waals surface area contributed by atoms with E-state index in [9.17, 15) is 0 Å². The molecule has 0 aromatic heterocycles. The van der Waals surface area contributed by atoms with E-state index >= 15 is 0 Å². The molecule has 0 bridgehead atoms. The molecule has 0 amide bonds. The summed E-state index contributed by atoms with van der Waals surface area (Å²) in [7, 11) is 0. The smallest absolute Gasteiger partial charge is 0.164 e. The Kier molecular flexibility index (Phi) is 2.61. The molecule has 2 atom stereocenters. The number of hydrogen-bond acceptors (Lipinski definition) is 2. The topological polar surface area (TPSA) is 18.5 Å². The monoisotopic (exact) mass is 244 g/mol. The van der Waals surface area contributed by atoms with Crippen LogP contribution in [0.2, 0.25) is 0 Å². The van der Waals surface area contributed by atoms with Crippen molar-refractivity contribution in [2.75, 3.05) is 0 Å². The largest absolute Gasteiger partial charge is 0.344 e. The first kappa shape index (κ1) is 11.9. The van der Waals surface area contributed by atoms with Crippen molar-refractivity contribution in [2.24, 2.45) is 0 Å². The van der Waals surface area contributed by atoms with Crippen LogP contribution in [-0.2, 0) is 21.5 Å². The van der Waals surface area contributed by atoms with Gasteiger partial charge in [0.25, 0.3) is 0 Å². The third-order valence-electron chi connectivity index (χ3n) is 3.97. The zero-order valence-corrected chi connectivity index (χ0v) is 11.1. The van der Waals surface area contributed by atoms with E-state index in [2.05, 4.69) is 30.8 Å². The van der Waals surface area contributed by atoms with Crippen LogP contribution in [0.4, 0.5) is 0 Å². The van der Waals surface area contributed by atoms with Crippen LogP contribution in [0.25, 0.3) is 0 Å². The van der Waals surface area contributed by atoms with E-state index in [0.29, 0.717) is 0 Å². The van der Waals surface area contributed by atoms with Gasteiger partial charge in [0.15, 0.2) is 5.79 Å². The molecule has 0 spiro atoms. The van der Waals surface area contributed by atoms with Gasteiger partial charge in [-0.2, -0.15) is 0 Å². The van der Waals surface area contributed by atoms with E-state index in [1.165, 1.54) is 11.1 Å². The Bertz CT molecular complexity index is 478. The van der Waals surface area contributed by atoms with Gasteiger partial charge in [-0.1, -0.05) is 30.3 Å². The standard InChI is InChI=1S/C16H20O2/c1-4-5-10-16-13-9-7-6-8-12(13)11-14(16)17-15(2,3)18-16/h4,6-9,14H,1,5,10-11H2,2-3H3/t14-,16+/m0/s1. The second-order valence-electron chi connectivity index (χ2n) is 5.69. The number of allylic oxidation sites excluding steroid dienone is 1. The lowest BCUT2D eigenvalue weighted by Gasteiger charge is -2.29. The fraction of sp³-hybridized carbons (Fsp3) is 0.500. The zero-order chi connectivity index (χ0) is 12.8. The highest BCUT2D eigenvalue weighted by Gasteiger charge is 2.57. The Morgan fingerprint density at radius 3 is 2.94 bits per heavy atom. The van der Waals surface area contributed by atoms with Crippen LogP contribution in [0.3, 0.4) is 0 Å². The van der Waals surface area contributed by atoms with Gasteiger partial charge in [0.2, 0.25) is 0 Å². The lowest BCUT2D eigenvalue weighted by molar-refractivity contribution is -0.168. The van der Waals surface area contributed by atoms with Crippen LogP contribution >= 0.6 is 0 Å². The molecule has 1 aliphatic carbocycles. The number of fused-ring (bicyclic) bond motifs is 3. The van der Waals surface area contributed by atoms with Crippen LogP contribution < -0.4 is 0 Å². The van der Waals surface area contributed by atoms with Crippen LogP contribution in [0.1, 0.15) is 37.8 Å². The molecule has 0 N–H and O–H groups in total. The number of benzene rings is 1. The molecule has 0 radical (unpaired) electrons. The molecule has 1 aliphatic heterocycles. The Labute approximate surface area is 109 Å². The summed E-state index contributed by atoms with van der Waals surface area (Å²) in [4.78, 5) is 0. The minimum absolute atomic E-state index is 0.143. The average molecular weight is 244 g/mol. The predicted molar refractivity (Wildman–Crippen MR) is 71.3 cm³/mol. The molecule has 1 fully saturated rings. The van der Waals surface area contributed by atoms with E-state index in [4.69, 9.17) is 9.47 Å². The van der Waals surface area contributed by atoms with Crippen molar-refractivity contribution in [3.63, 3.8) is 0 Å². The molecule has 18 heavy (non-hydrogen) atoms. The molecule has 3 rings (SSSR count). The lowest BCUT2D eigenvalue weighted by atomic mass is 9.89. The second-order valence-corrected chi connectivity index (χ2v) is 5.69. The van der Waals surface area contributed by atoms with Crippen molar-refractivity contribution in [3.05, 3.63) is 48.0 Å². The van der Waals surface area contributed by atoms with Crippen molar-refractivity contribution >= 4 is 0 Å². The Hall–Kier alpha value is -1.12. The quantitative estimate of drug-likeness (QED) is 0.757. The first-order valence-corrected chi connectivity index (χ1v) is 6.65. The minimum atomic E-state index is -0.487. The van der Waals surface area contributed by atoms with Gasteiger partial charge in [-0.3, -0.25) is 0 Å². The molecule has 0 unspecified atom stereocenters. The first-order valence-electron chi connectivity index (χ1n) is 6.65. The summed E-state index contributed by atoms with van der Waals surface area (Å²) in [5.41, 5.74) is 2.40. The molecule has 1 saturated heterocycles. The van der Waals surface area contributed by atoms with Gasteiger partial charge in [0.05, 0.1) is 6.10 Å². The normalized spacial score (nSPS) is 32.0. The molecule has 2 nitrogen and oxygen atoms in total. The van der Waals surface area contributed by atoms with Crippen LogP contribution in [-0.4, -0.2) is 11.9 Å². The zero-order valence-electron chi connectivity index (χ0n) is 11.1. The van der Waals surface area contributed by atoms with Gasteiger partial charge in [-0.15, -0.1) is 6.58 Å². The molecule has 0 saturated carbocycles. The molecule has 1 heterocycles. The maximum Gasteiger partial charge on any atom is 0.164 e. The van der Waals surface area contributed by atoms with Crippen molar-refractivity contribution < 1.29 is 9.47 Å². The average Bonchev–Trinajstić information content (AvgIpc) is 2.74. The molecule has 2 aliphatic rings. The molecule has 1 aromatic rings. The third kappa shape index (κ3) is 1.63. The van der Waals surface area contributed by atoms with Gasteiger partial charge < -0.3 is 9.47 Å². The number of hydrogen-bond donors (Lipinski definition) is 0. The molecular weight excluding hydrogens is 224 g/mol. The van der Waals surface area contributed by atoms with Gasteiger partial charge in [0.1, 0.15) is 5.60 Å². The van der Waals surface area contributed by atoms with Gasteiger partial charge in [-0.25, -0.2) is 0 Å². The summed E-state index contributed by atoms with van der Waals surface area (Å²) in [6.07, 6.45) is 4.95. The SMILES string of the molecule is C=CCC[C@]12OC(C)(C)O[C@H]1Cc1ccccc12. The second kappa shape index (κ2) is 3.94. The maximum absolute atomic E-state index is 6.32. The van der Waals surface area contributed by atoms with Crippen molar-refractivity contribution in [3.8, 4) is 0 Å². The maximum atomic E-state index is 6.32. The van der Waals surface area contributed by atoms with Crippen molar-refractivity contribution in [1.29, 1.82) is 0 Å². The Morgan fingerprint density at radius 2 is 2.17 bits per heavy atom. The molecular formula is C16H20O2. The van der Waals surface area contributed by atoms with E-state index in [1.54, 1.807) is 0 Å². The van der Waals surface area contributed by atoms with Gasteiger partial charge >= 0.3 is 0 Å². The van der Waals surface area contributed by atoms with Crippen LogP contribution in [0.5, 0.6) is 0 Å². The summed E-state index contributed by atoms with van der Waals surface area (Å²) < 4.78 is 12.4. The lowest BCUT2D eigenvalue weighted by Crippen LogP contribution is -2.33. The summed E-state index contributed by atoms with van der Waals surface area (Å²) >= 11 is 0. The minimum Gasteiger partial charge on any atom is -0.344 e. The Balaban J connectivity index is 2.04. The summed E-state index contributed by atoms with van der Waals surface area (Å²) in [6, 6.07) is 8.55. The fourth-order valence-corrected chi connectivity index (χ4v) is 3.38. The van der Waals surface area contributed by atoms with Gasteiger partial charge in [-0.05, 0) is 37.8 Å². The van der Waals surface area contributed by atoms with E-state index in [-0.39, 0.29) is 11.7 Å². The highest BCUT2D eigenvalue weighted by Crippen LogP contribution is 2.52. The van der Waals surface area contributed by atoms with E-state index in [0.717, 1.165) is 19.3 Å². The summed E-state index contributed by atoms with van der Waals surface area (Å²) in [5, 5.41) is 0.